The highest BCUT2D eigenvalue weighted by molar-refractivity contribution is 7.03. The van der Waals surface area contributed by atoms with Crippen LogP contribution in [0.5, 0.6) is 0 Å². The van der Waals surface area contributed by atoms with Gasteiger partial charge in [-0.15, -0.1) is 0 Å². The van der Waals surface area contributed by atoms with Crippen LogP contribution in [-0.4, -0.2) is 11.8 Å². The van der Waals surface area contributed by atoms with E-state index >= 15 is 0 Å². The first kappa shape index (κ1) is 9.73. The maximum Gasteiger partial charge on any atom is 0.0609 e. The fraction of sp³-hybridized carbons (Fsp3) is 0.875. The van der Waals surface area contributed by atoms with Gasteiger partial charge in [0, 0.05) is 0 Å². The van der Waals surface area contributed by atoms with E-state index in [4.69, 9.17) is 0 Å². The Labute approximate surface area is 64.1 Å². The summed E-state index contributed by atoms with van der Waals surface area (Å²) in [6.07, 6.45) is 2.24. The van der Waals surface area contributed by atoms with Crippen molar-refractivity contribution in [3.05, 3.63) is 0 Å². The van der Waals surface area contributed by atoms with Crippen LogP contribution in [0.2, 0.25) is 20.5 Å². The van der Waals surface area contributed by atoms with Crippen molar-refractivity contribution in [2.24, 2.45) is 0 Å². The minimum absolute atomic E-state index is 0.446. The maximum absolute atomic E-state index is 11.3. The molecule has 60 valence electrons. The van der Waals surface area contributed by atoms with Gasteiger partial charge in [-0.1, -0.05) is 19.8 Å². The lowest BCUT2D eigenvalue weighted by Crippen LogP contribution is -2.32. The third-order valence-electron chi connectivity index (χ3n) is 1.74. The zero-order valence-electron chi connectivity index (χ0n) is 7.61. The summed E-state index contributed by atoms with van der Waals surface area (Å²) in [5.41, 5.74) is 0.446. The number of carbonyl (C=O) groups excluding carboxylic acids is 1. The van der Waals surface area contributed by atoms with Crippen LogP contribution in [0, 0.1) is 0 Å². The summed E-state index contributed by atoms with van der Waals surface area (Å²) in [4.78, 5) is 11.3. The molecule has 0 unspecified atom stereocenters. The highest BCUT2D eigenvalue weighted by Crippen LogP contribution is 2.07. The van der Waals surface area contributed by atoms with Crippen molar-refractivity contribution < 1.29 is 4.79 Å². The summed E-state index contributed by atoms with van der Waals surface area (Å²) < 4.78 is 0. The smallest absolute Gasteiger partial charge is 0.0609 e. The average molecular weight is 141 g/mol. The molecule has 0 saturated carbocycles. The third-order valence-corrected chi connectivity index (χ3v) is 1.74. The lowest BCUT2D eigenvalue weighted by molar-refractivity contribution is -0.112. The molecule has 0 N–H and O–H groups in total. The molecule has 0 bridgehead atoms. The highest BCUT2D eigenvalue weighted by atomic mass is 16.1. The fourth-order valence-electron chi connectivity index (χ4n) is 0.784. The van der Waals surface area contributed by atoms with E-state index in [1.807, 2.05) is 20.5 Å². The Balaban J connectivity index is 3.64. The fourth-order valence-corrected chi connectivity index (χ4v) is 0.784. The molecular formula is C8H18BO-. The summed E-state index contributed by atoms with van der Waals surface area (Å²) in [6, 6.07) is 0. The van der Waals surface area contributed by atoms with Crippen LogP contribution in [0.1, 0.15) is 26.2 Å². The number of carbonyl (C=O) groups is 1. The first-order valence-corrected chi connectivity index (χ1v) is 4.29. The van der Waals surface area contributed by atoms with E-state index in [0.29, 0.717) is 5.68 Å². The number of hydrogen-bond donors (Lipinski definition) is 0. The summed E-state index contributed by atoms with van der Waals surface area (Å²) in [5.74, 6) is 0. The molecule has 0 spiro atoms. The van der Waals surface area contributed by atoms with E-state index in [1.165, 1.54) is 0 Å². The lowest BCUT2D eigenvalue weighted by Gasteiger charge is -2.21. The summed E-state index contributed by atoms with van der Waals surface area (Å²) in [7, 11) is 0. The number of hydrogen-bond acceptors (Lipinski definition) is 1. The van der Waals surface area contributed by atoms with Crippen molar-refractivity contribution in [1.82, 2.24) is 0 Å². The Morgan fingerprint density at radius 2 is 1.80 bits per heavy atom. The van der Waals surface area contributed by atoms with Gasteiger partial charge in [0.15, 0.2) is 0 Å². The molecule has 0 amide bonds. The Hall–Kier alpha value is -0.265. The second-order valence-corrected chi connectivity index (χ2v) is 4.17. The molecule has 0 saturated heterocycles. The van der Waals surface area contributed by atoms with Crippen LogP contribution >= 0.6 is 0 Å². The standard InChI is InChI=1S/C8H18BO/c1-5-6-7-8(10)9(2,3)4/h5-7H2,1-4H3/q-1. The topological polar surface area (TPSA) is 17.1 Å². The highest BCUT2D eigenvalue weighted by Gasteiger charge is 2.13. The van der Waals surface area contributed by atoms with Gasteiger partial charge < -0.3 is 4.79 Å². The van der Waals surface area contributed by atoms with E-state index in [1.54, 1.807) is 0 Å². The van der Waals surface area contributed by atoms with Gasteiger partial charge in [0.2, 0.25) is 0 Å². The normalized spacial score (nSPS) is 11.6. The van der Waals surface area contributed by atoms with Gasteiger partial charge in [-0.2, -0.15) is 20.5 Å². The van der Waals surface area contributed by atoms with E-state index < -0.39 is 6.15 Å². The van der Waals surface area contributed by atoms with Crippen molar-refractivity contribution >= 4 is 11.8 Å². The van der Waals surface area contributed by atoms with Gasteiger partial charge in [0.25, 0.3) is 0 Å². The number of unbranched alkanes of at least 4 members (excludes halogenated alkanes) is 1. The third kappa shape index (κ3) is 3.70. The molecule has 0 atom stereocenters. The van der Waals surface area contributed by atoms with Crippen molar-refractivity contribution in [3.63, 3.8) is 0 Å². The second-order valence-electron chi connectivity index (χ2n) is 4.17. The second kappa shape index (κ2) is 3.79. The predicted molar refractivity (Wildman–Crippen MR) is 47.9 cm³/mol. The molecule has 2 heteroatoms. The van der Waals surface area contributed by atoms with Gasteiger partial charge >= 0.3 is 0 Å². The quantitative estimate of drug-likeness (QED) is 0.550. The van der Waals surface area contributed by atoms with Crippen LogP contribution in [0.15, 0.2) is 0 Å². The Morgan fingerprint density at radius 3 is 2.10 bits per heavy atom. The summed E-state index contributed by atoms with van der Waals surface area (Å²) >= 11 is 0. The molecule has 10 heavy (non-hydrogen) atoms. The first-order chi connectivity index (χ1) is 4.48. The molecule has 0 aliphatic rings. The van der Waals surface area contributed by atoms with Gasteiger partial charge in [-0.25, -0.2) is 0 Å². The van der Waals surface area contributed by atoms with Gasteiger partial charge in [0.05, 0.1) is 6.15 Å². The summed E-state index contributed by atoms with van der Waals surface area (Å²) in [6.45, 7) is 8.23. The first-order valence-electron chi connectivity index (χ1n) is 4.29. The molecule has 0 aromatic heterocycles. The van der Waals surface area contributed by atoms with Crippen molar-refractivity contribution in [1.29, 1.82) is 0 Å². The van der Waals surface area contributed by atoms with Crippen LogP contribution < -0.4 is 0 Å². The van der Waals surface area contributed by atoms with E-state index in [2.05, 4.69) is 6.92 Å². The molecule has 0 aliphatic heterocycles. The molecule has 0 aliphatic carbocycles. The molecule has 0 aromatic rings. The van der Waals surface area contributed by atoms with E-state index in [9.17, 15) is 4.79 Å². The number of rotatable bonds is 4. The Morgan fingerprint density at radius 1 is 1.30 bits per heavy atom. The largest absolute Gasteiger partial charge is 0.346 e. The SMILES string of the molecule is CCCCC(=O)[B-](C)(C)C. The average Bonchev–Trinajstić information content (AvgIpc) is 1.80. The van der Waals surface area contributed by atoms with Crippen molar-refractivity contribution in [2.45, 2.75) is 46.7 Å². The molecule has 1 nitrogen and oxygen atoms in total. The van der Waals surface area contributed by atoms with Crippen molar-refractivity contribution in [2.75, 3.05) is 0 Å². The van der Waals surface area contributed by atoms with Gasteiger partial charge in [-0.05, 0) is 12.1 Å². The van der Waals surface area contributed by atoms with Gasteiger partial charge in [0.1, 0.15) is 0 Å². The minimum Gasteiger partial charge on any atom is -0.346 e. The van der Waals surface area contributed by atoms with E-state index in [0.717, 1.165) is 19.3 Å². The summed E-state index contributed by atoms with van der Waals surface area (Å²) in [5, 5.41) is 0. The van der Waals surface area contributed by atoms with Crippen LogP contribution in [0.25, 0.3) is 0 Å². The zero-order valence-corrected chi connectivity index (χ0v) is 7.61. The van der Waals surface area contributed by atoms with Crippen LogP contribution in [-0.2, 0) is 4.79 Å². The van der Waals surface area contributed by atoms with Crippen LogP contribution in [0.3, 0.4) is 0 Å². The zero-order chi connectivity index (χ0) is 8.20. The molecular weight excluding hydrogens is 123 g/mol. The molecule has 0 rings (SSSR count). The molecule has 0 heterocycles. The lowest BCUT2D eigenvalue weighted by atomic mass is 9.27. The molecule has 0 radical (unpaired) electrons. The van der Waals surface area contributed by atoms with Crippen molar-refractivity contribution in [3.8, 4) is 0 Å². The van der Waals surface area contributed by atoms with E-state index in [-0.39, 0.29) is 0 Å². The molecule has 0 fully saturated rings. The van der Waals surface area contributed by atoms with Gasteiger partial charge in [-0.3, -0.25) is 0 Å². The maximum atomic E-state index is 11.3. The monoisotopic (exact) mass is 141 g/mol. The van der Waals surface area contributed by atoms with Crippen LogP contribution in [0.4, 0.5) is 0 Å². The minimum atomic E-state index is -0.718. The molecule has 0 aromatic carbocycles. The predicted octanol–water partition coefficient (Wildman–Crippen LogP) is 2.62. The Kier molecular flexibility index (Phi) is 3.69. The Bertz CT molecular complexity index is 113.